The van der Waals surface area contributed by atoms with E-state index in [4.69, 9.17) is 16.1 Å². The van der Waals surface area contributed by atoms with Crippen LogP contribution in [0.3, 0.4) is 0 Å². The summed E-state index contributed by atoms with van der Waals surface area (Å²) in [6.45, 7) is 4.78. The summed E-state index contributed by atoms with van der Waals surface area (Å²) in [5, 5.41) is 4.50. The van der Waals surface area contributed by atoms with E-state index in [2.05, 4.69) is 10.1 Å². The van der Waals surface area contributed by atoms with Crippen LogP contribution < -0.4 is 0 Å². The van der Waals surface area contributed by atoms with Crippen LogP contribution in [-0.2, 0) is 16.6 Å². The first-order valence-electron chi connectivity index (χ1n) is 7.35. The first-order chi connectivity index (χ1) is 10.9. The van der Waals surface area contributed by atoms with E-state index in [9.17, 15) is 8.42 Å². The molecule has 2 heterocycles. The Labute approximate surface area is 140 Å². The van der Waals surface area contributed by atoms with Crippen molar-refractivity contribution in [2.45, 2.75) is 18.4 Å². The molecule has 0 N–H and O–H groups in total. The number of hydrogen-bond donors (Lipinski definition) is 0. The van der Waals surface area contributed by atoms with Gasteiger partial charge in [-0.2, -0.15) is 4.31 Å². The second-order valence-corrected chi connectivity index (χ2v) is 7.94. The Kier molecular flexibility index (Phi) is 4.72. The number of hydrogen-bond acceptors (Lipinski definition) is 5. The highest BCUT2D eigenvalue weighted by Gasteiger charge is 2.28. The van der Waals surface area contributed by atoms with E-state index in [-0.39, 0.29) is 4.90 Å². The molecule has 1 aromatic heterocycles. The van der Waals surface area contributed by atoms with Gasteiger partial charge in [0.05, 0.1) is 10.6 Å². The second kappa shape index (κ2) is 6.60. The molecule has 8 heteroatoms. The van der Waals surface area contributed by atoms with E-state index in [0.29, 0.717) is 37.7 Å². The van der Waals surface area contributed by atoms with Gasteiger partial charge in [-0.3, -0.25) is 4.90 Å². The fourth-order valence-electron chi connectivity index (χ4n) is 2.61. The summed E-state index contributed by atoms with van der Waals surface area (Å²) >= 11 is 5.82. The Morgan fingerprint density at radius 1 is 1.17 bits per heavy atom. The number of rotatable bonds is 4. The van der Waals surface area contributed by atoms with Crippen molar-refractivity contribution in [3.8, 4) is 0 Å². The van der Waals surface area contributed by atoms with Crippen LogP contribution in [-0.4, -0.2) is 49.0 Å². The minimum Gasteiger partial charge on any atom is -0.361 e. The van der Waals surface area contributed by atoms with Gasteiger partial charge in [-0.15, -0.1) is 0 Å². The zero-order valence-electron chi connectivity index (χ0n) is 12.8. The SMILES string of the molecule is Cc1cc(CN2CCN(S(=O)(=O)c3ccc(Cl)cc3)CC2)no1. The molecular formula is C15H18ClN3O3S. The Hall–Kier alpha value is -1.41. The Bertz CT molecular complexity index is 766. The third-order valence-electron chi connectivity index (χ3n) is 3.85. The van der Waals surface area contributed by atoms with Crippen molar-refractivity contribution < 1.29 is 12.9 Å². The fraction of sp³-hybridized carbons (Fsp3) is 0.400. The summed E-state index contributed by atoms with van der Waals surface area (Å²) in [7, 11) is -3.46. The maximum absolute atomic E-state index is 12.6. The average molecular weight is 356 g/mol. The quantitative estimate of drug-likeness (QED) is 0.840. The van der Waals surface area contributed by atoms with Gasteiger partial charge >= 0.3 is 0 Å². The lowest BCUT2D eigenvalue weighted by molar-refractivity contribution is 0.177. The predicted octanol–water partition coefficient (Wildman–Crippen LogP) is 2.14. The maximum Gasteiger partial charge on any atom is 0.243 e. The lowest BCUT2D eigenvalue weighted by Gasteiger charge is -2.33. The van der Waals surface area contributed by atoms with Crippen LogP contribution in [0.15, 0.2) is 39.8 Å². The Morgan fingerprint density at radius 3 is 2.39 bits per heavy atom. The van der Waals surface area contributed by atoms with E-state index in [1.54, 1.807) is 24.3 Å². The molecule has 1 saturated heterocycles. The summed E-state index contributed by atoms with van der Waals surface area (Å²) in [4.78, 5) is 2.45. The highest BCUT2D eigenvalue weighted by Crippen LogP contribution is 2.20. The van der Waals surface area contributed by atoms with Crippen LogP contribution in [0.4, 0.5) is 0 Å². The summed E-state index contributed by atoms with van der Waals surface area (Å²) < 4.78 is 31.8. The zero-order chi connectivity index (χ0) is 16.4. The molecule has 0 radical (unpaired) electrons. The predicted molar refractivity (Wildman–Crippen MR) is 86.7 cm³/mol. The van der Waals surface area contributed by atoms with Crippen LogP contribution in [0, 0.1) is 6.92 Å². The molecule has 2 aromatic rings. The summed E-state index contributed by atoms with van der Waals surface area (Å²) in [6.07, 6.45) is 0. The van der Waals surface area contributed by atoms with Crippen molar-refractivity contribution in [3.05, 3.63) is 46.8 Å². The molecule has 0 saturated carbocycles. The van der Waals surface area contributed by atoms with Gasteiger partial charge in [0.2, 0.25) is 10.0 Å². The third kappa shape index (κ3) is 3.74. The number of aryl methyl sites for hydroxylation is 1. The largest absolute Gasteiger partial charge is 0.361 e. The smallest absolute Gasteiger partial charge is 0.243 e. The topological polar surface area (TPSA) is 66.7 Å². The summed E-state index contributed by atoms with van der Waals surface area (Å²) in [5.41, 5.74) is 0.872. The van der Waals surface area contributed by atoms with E-state index in [1.165, 1.54) is 4.31 Å². The first kappa shape index (κ1) is 16.4. The van der Waals surface area contributed by atoms with Crippen LogP contribution in [0.5, 0.6) is 0 Å². The Balaban J connectivity index is 1.62. The van der Waals surface area contributed by atoms with Crippen molar-refractivity contribution in [3.63, 3.8) is 0 Å². The van der Waals surface area contributed by atoms with Gasteiger partial charge in [0.15, 0.2) is 0 Å². The molecule has 0 bridgehead atoms. The summed E-state index contributed by atoms with van der Waals surface area (Å²) in [6, 6.07) is 8.18. The zero-order valence-corrected chi connectivity index (χ0v) is 14.3. The minimum atomic E-state index is -3.46. The molecule has 0 atom stereocenters. The molecule has 124 valence electrons. The van der Waals surface area contributed by atoms with E-state index < -0.39 is 10.0 Å². The molecule has 3 rings (SSSR count). The number of aromatic nitrogens is 1. The summed E-state index contributed by atoms with van der Waals surface area (Å²) in [5.74, 6) is 0.781. The molecule has 0 aliphatic carbocycles. The second-order valence-electron chi connectivity index (χ2n) is 5.56. The van der Waals surface area contributed by atoms with E-state index in [1.807, 2.05) is 13.0 Å². The third-order valence-corrected chi connectivity index (χ3v) is 6.01. The van der Waals surface area contributed by atoms with Crippen molar-refractivity contribution in [1.29, 1.82) is 0 Å². The van der Waals surface area contributed by atoms with Gasteiger partial charge in [-0.25, -0.2) is 8.42 Å². The molecular weight excluding hydrogens is 338 g/mol. The molecule has 23 heavy (non-hydrogen) atoms. The average Bonchev–Trinajstić information content (AvgIpc) is 2.93. The lowest BCUT2D eigenvalue weighted by Crippen LogP contribution is -2.48. The standard InChI is InChI=1S/C15H18ClN3O3S/c1-12-10-14(17-22-12)11-18-6-8-19(9-7-18)23(20,21)15-4-2-13(16)3-5-15/h2-5,10H,6-9,11H2,1H3. The number of benzene rings is 1. The number of halogens is 1. The maximum atomic E-state index is 12.6. The van der Waals surface area contributed by atoms with Crippen molar-refractivity contribution in [2.24, 2.45) is 0 Å². The molecule has 1 aromatic carbocycles. The normalized spacial score (nSPS) is 17.5. The van der Waals surface area contributed by atoms with Gasteiger partial charge < -0.3 is 4.52 Å². The van der Waals surface area contributed by atoms with Crippen LogP contribution in [0.25, 0.3) is 0 Å². The van der Waals surface area contributed by atoms with E-state index >= 15 is 0 Å². The van der Waals surface area contributed by atoms with Gasteiger partial charge in [-0.05, 0) is 31.2 Å². The molecule has 0 amide bonds. The number of sulfonamides is 1. The van der Waals surface area contributed by atoms with Gasteiger partial charge in [0.1, 0.15) is 5.76 Å². The first-order valence-corrected chi connectivity index (χ1v) is 9.17. The number of piperazine rings is 1. The van der Waals surface area contributed by atoms with Gasteiger partial charge in [0, 0.05) is 43.8 Å². The lowest BCUT2D eigenvalue weighted by atomic mass is 10.3. The molecule has 6 nitrogen and oxygen atoms in total. The monoisotopic (exact) mass is 355 g/mol. The van der Waals surface area contributed by atoms with Gasteiger partial charge in [-0.1, -0.05) is 16.8 Å². The van der Waals surface area contributed by atoms with Crippen LogP contribution in [0.1, 0.15) is 11.5 Å². The highest BCUT2D eigenvalue weighted by atomic mass is 35.5. The number of nitrogens with zero attached hydrogens (tertiary/aromatic N) is 3. The van der Waals surface area contributed by atoms with Crippen molar-refractivity contribution >= 4 is 21.6 Å². The molecule has 0 unspecified atom stereocenters. The van der Waals surface area contributed by atoms with Gasteiger partial charge in [0.25, 0.3) is 0 Å². The molecule has 1 fully saturated rings. The van der Waals surface area contributed by atoms with Crippen molar-refractivity contribution in [2.75, 3.05) is 26.2 Å². The fourth-order valence-corrected chi connectivity index (χ4v) is 4.15. The van der Waals surface area contributed by atoms with E-state index in [0.717, 1.165) is 11.5 Å². The van der Waals surface area contributed by atoms with Crippen LogP contribution in [0.2, 0.25) is 5.02 Å². The molecule has 1 aliphatic rings. The Morgan fingerprint density at radius 2 is 1.83 bits per heavy atom. The van der Waals surface area contributed by atoms with Crippen LogP contribution >= 0.6 is 11.6 Å². The highest BCUT2D eigenvalue weighted by molar-refractivity contribution is 7.89. The minimum absolute atomic E-state index is 0.280. The molecule has 1 aliphatic heterocycles. The molecule has 0 spiro atoms. The van der Waals surface area contributed by atoms with Crippen molar-refractivity contribution in [1.82, 2.24) is 14.4 Å².